The van der Waals surface area contributed by atoms with E-state index in [0.717, 1.165) is 0 Å². The van der Waals surface area contributed by atoms with Crippen molar-refractivity contribution < 1.29 is 4.79 Å². The molecule has 0 bridgehead atoms. The Balaban J connectivity index is 2.92. The van der Waals surface area contributed by atoms with Crippen LogP contribution in [-0.2, 0) is 4.79 Å². The number of hydrogen-bond acceptors (Lipinski definition) is 3. The minimum absolute atomic E-state index is 0.0233. The summed E-state index contributed by atoms with van der Waals surface area (Å²) in [6.07, 6.45) is 1.40. The van der Waals surface area contributed by atoms with Gasteiger partial charge >= 0.3 is 0 Å². The summed E-state index contributed by atoms with van der Waals surface area (Å²) in [6, 6.07) is 3.38. The Bertz CT molecular complexity index is 494. The molecule has 0 unspecified atom stereocenters. The van der Waals surface area contributed by atoms with Crippen LogP contribution in [0.25, 0.3) is 0 Å². The second-order valence-electron chi connectivity index (χ2n) is 2.62. The Morgan fingerprint density at radius 3 is 3.00 bits per heavy atom. The monoisotopic (exact) mass is 219 g/mol. The smallest absolute Gasteiger partial charge is 0.229 e. The van der Waals surface area contributed by atoms with Crippen molar-refractivity contribution in [3.8, 4) is 17.9 Å². The molecule has 0 radical (unpaired) electrons. The number of hydrogen-bond donors (Lipinski definition) is 1. The van der Waals surface area contributed by atoms with Gasteiger partial charge in [-0.25, -0.2) is 4.98 Å². The Kier molecular flexibility index (Phi) is 3.68. The van der Waals surface area contributed by atoms with Gasteiger partial charge in [0.2, 0.25) is 5.91 Å². The number of carbonyl (C=O) groups excluding carboxylic acids is 1. The average Bonchev–Trinajstić information content (AvgIpc) is 2.20. The van der Waals surface area contributed by atoms with Gasteiger partial charge in [-0.3, -0.25) is 4.79 Å². The molecule has 1 aromatic rings. The van der Waals surface area contributed by atoms with E-state index in [1.165, 1.54) is 12.3 Å². The van der Waals surface area contributed by atoms with Gasteiger partial charge in [-0.05, 0) is 6.07 Å². The SMILES string of the molecule is N#Cc1cc(C#CCC(N)=O)cnc1Cl. The Labute approximate surface area is 91.7 Å². The van der Waals surface area contributed by atoms with Gasteiger partial charge in [-0.2, -0.15) is 5.26 Å². The van der Waals surface area contributed by atoms with E-state index in [1.54, 1.807) is 0 Å². The molecule has 4 nitrogen and oxygen atoms in total. The number of rotatable bonds is 1. The maximum Gasteiger partial charge on any atom is 0.229 e. The lowest BCUT2D eigenvalue weighted by atomic mass is 10.2. The largest absolute Gasteiger partial charge is 0.369 e. The molecule has 1 heterocycles. The number of nitrogens with two attached hydrogens (primary N) is 1. The summed E-state index contributed by atoms with van der Waals surface area (Å²) in [5.41, 5.74) is 5.68. The predicted molar refractivity (Wildman–Crippen MR) is 54.7 cm³/mol. The summed E-state index contributed by atoms with van der Waals surface area (Å²) in [7, 11) is 0. The van der Waals surface area contributed by atoms with Crippen molar-refractivity contribution in [3.63, 3.8) is 0 Å². The van der Waals surface area contributed by atoms with E-state index < -0.39 is 5.91 Å². The van der Waals surface area contributed by atoms with E-state index >= 15 is 0 Å². The van der Waals surface area contributed by atoms with Crippen LogP contribution in [0.15, 0.2) is 12.3 Å². The van der Waals surface area contributed by atoms with Crippen LogP contribution in [-0.4, -0.2) is 10.9 Å². The van der Waals surface area contributed by atoms with Crippen LogP contribution in [0.3, 0.4) is 0 Å². The third-order valence-corrected chi connectivity index (χ3v) is 1.76. The molecule has 0 aliphatic rings. The lowest BCUT2D eigenvalue weighted by Crippen LogP contribution is -2.08. The Morgan fingerprint density at radius 2 is 2.40 bits per heavy atom. The highest BCUT2D eigenvalue weighted by atomic mass is 35.5. The standard InChI is InChI=1S/C10H6ClN3O/c11-10-8(5-12)4-7(6-14-10)2-1-3-9(13)15/h4,6H,3H2,(H2,13,15). The first kappa shape index (κ1) is 11.0. The van der Waals surface area contributed by atoms with Crippen LogP contribution in [0.1, 0.15) is 17.5 Å². The van der Waals surface area contributed by atoms with Gasteiger partial charge in [0.05, 0.1) is 12.0 Å². The van der Waals surface area contributed by atoms with Crippen molar-refractivity contribution in [2.45, 2.75) is 6.42 Å². The molecular formula is C10H6ClN3O. The molecule has 1 amide bonds. The van der Waals surface area contributed by atoms with Crippen molar-refractivity contribution in [1.29, 1.82) is 5.26 Å². The van der Waals surface area contributed by atoms with Crippen molar-refractivity contribution in [2.24, 2.45) is 5.73 Å². The molecule has 1 rings (SSSR count). The Hall–Kier alpha value is -2.04. The van der Waals surface area contributed by atoms with Gasteiger partial charge in [0, 0.05) is 11.8 Å². The highest BCUT2D eigenvalue weighted by Crippen LogP contribution is 2.12. The van der Waals surface area contributed by atoms with Crippen molar-refractivity contribution in [1.82, 2.24) is 4.98 Å². The van der Waals surface area contributed by atoms with E-state index in [2.05, 4.69) is 16.8 Å². The lowest BCUT2D eigenvalue weighted by molar-refractivity contribution is -0.117. The van der Waals surface area contributed by atoms with Crippen molar-refractivity contribution in [2.75, 3.05) is 0 Å². The zero-order valence-electron chi connectivity index (χ0n) is 7.62. The zero-order chi connectivity index (χ0) is 11.3. The molecule has 0 fully saturated rings. The number of amides is 1. The highest BCUT2D eigenvalue weighted by molar-refractivity contribution is 6.30. The molecule has 0 aromatic carbocycles. The van der Waals surface area contributed by atoms with Gasteiger partial charge in [0.1, 0.15) is 11.2 Å². The van der Waals surface area contributed by atoms with E-state index in [4.69, 9.17) is 22.6 Å². The number of carbonyl (C=O) groups is 1. The topological polar surface area (TPSA) is 79.8 Å². The van der Waals surface area contributed by atoms with Gasteiger partial charge < -0.3 is 5.73 Å². The molecule has 74 valence electrons. The minimum atomic E-state index is -0.495. The molecule has 2 N–H and O–H groups in total. The number of halogens is 1. The van der Waals surface area contributed by atoms with Crippen LogP contribution in [0.2, 0.25) is 5.15 Å². The molecule has 1 aromatic heterocycles. The first-order valence-electron chi connectivity index (χ1n) is 3.96. The van der Waals surface area contributed by atoms with Gasteiger partial charge in [-0.15, -0.1) is 0 Å². The van der Waals surface area contributed by atoms with E-state index in [9.17, 15) is 4.79 Å². The van der Waals surface area contributed by atoms with Crippen LogP contribution in [0.4, 0.5) is 0 Å². The summed E-state index contributed by atoms with van der Waals surface area (Å²) < 4.78 is 0. The zero-order valence-corrected chi connectivity index (χ0v) is 8.38. The second-order valence-corrected chi connectivity index (χ2v) is 2.98. The van der Waals surface area contributed by atoms with Crippen LogP contribution in [0, 0.1) is 23.2 Å². The maximum absolute atomic E-state index is 10.4. The summed E-state index contributed by atoms with van der Waals surface area (Å²) in [5.74, 6) is 4.71. The lowest BCUT2D eigenvalue weighted by Gasteiger charge is -1.93. The molecule has 0 saturated heterocycles. The van der Waals surface area contributed by atoms with E-state index in [0.29, 0.717) is 5.56 Å². The fourth-order valence-corrected chi connectivity index (χ4v) is 0.974. The molecule has 0 aliphatic heterocycles. The average molecular weight is 220 g/mol. The molecule has 15 heavy (non-hydrogen) atoms. The first-order valence-corrected chi connectivity index (χ1v) is 4.34. The van der Waals surface area contributed by atoms with E-state index in [-0.39, 0.29) is 17.1 Å². The first-order chi connectivity index (χ1) is 7.13. The third-order valence-electron chi connectivity index (χ3n) is 1.45. The molecule has 5 heteroatoms. The molecule has 0 aliphatic carbocycles. The number of nitriles is 1. The fraction of sp³-hybridized carbons (Fsp3) is 0.100. The highest BCUT2D eigenvalue weighted by Gasteiger charge is 2.00. The molecule has 0 saturated carbocycles. The summed E-state index contributed by atoms with van der Waals surface area (Å²) in [6.45, 7) is 0. The van der Waals surface area contributed by atoms with Crippen LogP contribution < -0.4 is 5.73 Å². The van der Waals surface area contributed by atoms with Crippen molar-refractivity contribution in [3.05, 3.63) is 28.5 Å². The number of aromatic nitrogens is 1. The summed E-state index contributed by atoms with van der Waals surface area (Å²) in [4.78, 5) is 14.2. The van der Waals surface area contributed by atoms with Gasteiger partial charge in [0.15, 0.2) is 0 Å². The number of pyridine rings is 1. The Morgan fingerprint density at radius 1 is 1.67 bits per heavy atom. The van der Waals surface area contributed by atoms with Crippen LogP contribution in [0.5, 0.6) is 0 Å². The predicted octanol–water partition coefficient (Wildman–Crippen LogP) is 0.834. The van der Waals surface area contributed by atoms with Crippen LogP contribution >= 0.6 is 11.6 Å². The number of primary amides is 1. The van der Waals surface area contributed by atoms with E-state index in [1.807, 2.05) is 6.07 Å². The molecule has 0 spiro atoms. The number of nitrogens with zero attached hydrogens (tertiary/aromatic N) is 2. The third kappa shape index (κ3) is 3.30. The fourth-order valence-electron chi connectivity index (χ4n) is 0.828. The van der Waals surface area contributed by atoms with Gasteiger partial charge in [0.25, 0.3) is 0 Å². The quantitative estimate of drug-likeness (QED) is 0.561. The normalized spacial score (nSPS) is 8.53. The summed E-state index contributed by atoms with van der Waals surface area (Å²) in [5, 5.41) is 8.80. The second kappa shape index (κ2) is 4.99. The minimum Gasteiger partial charge on any atom is -0.369 e. The van der Waals surface area contributed by atoms with Crippen molar-refractivity contribution >= 4 is 17.5 Å². The summed E-state index contributed by atoms with van der Waals surface area (Å²) >= 11 is 5.62. The maximum atomic E-state index is 10.4. The molecular weight excluding hydrogens is 214 g/mol. The van der Waals surface area contributed by atoms with Gasteiger partial charge in [-0.1, -0.05) is 23.4 Å². The molecule has 0 atom stereocenters.